The fourth-order valence-corrected chi connectivity index (χ4v) is 5.75. The lowest BCUT2D eigenvalue weighted by molar-refractivity contribution is 0.337. The number of aryl methyl sites for hydroxylation is 2. The second-order valence-corrected chi connectivity index (χ2v) is 10.8. The first-order valence-corrected chi connectivity index (χ1v) is 12.5. The van der Waals surface area contributed by atoms with Gasteiger partial charge in [0.1, 0.15) is 5.69 Å². The molecule has 2 aromatic heterocycles. The average molecular weight is 423 g/mol. The molecule has 2 heterocycles. The summed E-state index contributed by atoms with van der Waals surface area (Å²) >= 11 is 1.68. The Kier molecular flexibility index (Phi) is 7.06. The fraction of sp³-hybridized carbons (Fsp3) is 0.600. The van der Waals surface area contributed by atoms with Crippen molar-refractivity contribution in [3.05, 3.63) is 28.8 Å². The Labute approximate surface area is 172 Å². The van der Waals surface area contributed by atoms with E-state index < -0.39 is 10.0 Å². The van der Waals surface area contributed by atoms with Crippen molar-refractivity contribution < 1.29 is 8.42 Å². The maximum absolute atomic E-state index is 11.8. The quantitative estimate of drug-likeness (QED) is 0.668. The van der Waals surface area contributed by atoms with Crippen LogP contribution in [-0.2, 0) is 10.0 Å². The van der Waals surface area contributed by atoms with Gasteiger partial charge < -0.3 is 5.32 Å². The zero-order chi connectivity index (χ0) is 20.1. The van der Waals surface area contributed by atoms with Gasteiger partial charge in [-0.3, -0.25) is 4.98 Å². The zero-order valence-corrected chi connectivity index (χ0v) is 18.5. The van der Waals surface area contributed by atoms with E-state index in [1.807, 2.05) is 19.2 Å². The van der Waals surface area contributed by atoms with Gasteiger partial charge in [0.25, 0.3) is 0 Å². The third-order valence-corrected chi connectivity index (χ3v) is 7.72. The monoisotopic (exact) mass is 422 g/mol. The predicted molar refractivity (Wildman–Crippen MR) is 116 cm³/mol. The third kappa shape index (κ3) is 5.52. The smallest absolute Gasteiger partial charge is 0.211 e. The summed E-state index contributed by atoms with van der Waals surface area (Å²) < 4.78 is 26.4. The molecular weight excluding hydrogens is 392 g/mol. The molecule has 1 saturated carbocycles. The molecule has 0 saturated heterocycles. The van der Waals surface area contributed by atoms with Crippen molar-refractivity contribution in [1.82, 2.24) is 14.7 Å². The molecule has 0 spiro atoms. The van der Waals surface area contributed by atoms with Crippen LogP contribution >= 0.6 is 11.3 Å². The largest absolute Gasteiger partial charge is 0.359 e. The van der Waals surface area contributed by atoms with Gasteiger partial charge in [-0.05, 0) is 63.5 Å². The van der Waals surface area contributed by atoms with E-state index in [1.165, 1.54) is 4.88 Å². The summed E-state index contributed by atoms with van der Waals surface area (Å²) in [5.41, 5.74) is 3.05. The summed E-state index contributed by atoms with van der Waals surface area (Å²) in [4.78, 5) is 10.5. The first kappa shape index (κ1) is 21.2. The molecule has 0 atom stereocenters. The summed E-state index contributed by atoms with van der Waals surface area (Å²) in [5.74, 6) is 0.639. The Morgan fingerprint density at radius 3 is 2.61 bits per heavy atom. The highest BCUT2D eigenvalue weighted by Crippen LogP contribution is 2.33. The zero-order valence-electron chi connectivity index (χ0n) is 16.9. The van der Waals surface area contributed by atoms with Gasteiger partial charge in [-0.15, -0.1) is 11.3 Å². The number of hydrogen-bond acceptors (Lipinski definition) is 6. The van der Waals surface area contributed by atoms with Crippen molar-refractivity contribution in [1.29, 1.82) is 0 Å². The number of nitrogens with zero attached hydrogens (tertiary/aromatic N) is 2. The molecule has 0 aromatic carbocycles. The number of anilines is 1. The maximum Gasteiger partial charge on any atom is 0.211 e. The van der Waals surface area contributed by atoms with Crippen LogP contribution in [0.1, 0.15) is 49.5 Å². The third-order valence-electron chi connectivity index (χ3n) is 5.27. The minimum Gasteiger partial charge on any atom is -0.359 e. The molecule has 0 unspecified atom stereocenters. The Bertz CT molecular complexity index is 887. The van der Waals surface area contributed by atoms with Crippen LogP contribution < -0.4 is 10.0 Å². The topological polar surface area (TPSA) is 84.0 Å². The molecule has 1 fully saturated rings. The highest BCUT2D eigenvalue weighted by molar-refractivity contribution is 7.89. The van der Waals surface area contributed by atoms with Crippen molar-refractivity contribution in [2.75, 3.05) is 17.6 Å². The van der Waals surface area contributed by atoms with Gasteiger partial charge in [0.05, 0.1) is 11.4 Å². The van der Waals surface area contributed by atoms with Crippen molar-refractivity contribution in [3.8, 4) is 11.4 Å². The molecule has 8 heteroatoms. The molecule has 2 aromatic rings. The summed E-state index contributed by atoms with van der Waals surface area (Å²) in [6.07, 6.45) is 6.60. The second-order valence-electron chi connectivity index (χ2n) is 7.62. The fourth-order valence-electron chi connectivity index (χ4n) is 3.68. The Morgan fingerprint density at radius 2 is 1.93 bits per heavy atom. The van der Waals surface area contributed by atoms with E-state index in [9.17, 15) is 8.42 Å². The lowest BCUT2D eigenvalue weighted by Gasteiger charge is -2.29. The maximum atomic E-state index is 11.8. The molecular formula is C20H30N4O2S2. The minimum atomic E-state index is -3.10. The number of nitrogens with one attached hydrogen (secondary N) is 2. The number of rotatable bonds is 8. The van der Waals surface area contributed by atoms with Crippen LogP contribution in [0.5, 0.6) is 0 Å². The molecule has 6 nitrogen and oxygen atoms in total. The summed E-state index contributed by atoms with van der Waals surface area (Å²) in [6, 6.07) is 4.40. The van der Waals surface area contributed by atoms with E-state index in [0.29, 0.717) is 24.9 Å². The lowest BCUT2D eigenvalue weighted by atomic mass is 9.86. The molecule has 154 valence electrons. The van der Waals surface area contributed by atoms with E-state index in [-0.39, 0.29) is 5.75 Å². The van der Waals surface area contributed by atoms with Crippen molar-refractivity contribution in [3.63, 3.8) is 0 Å². The standard InChI is InChI=1S/C20H30N4O2S2/c1-4-12-28(25,26)22-13-16-7-9-17(10-8-16)23-20-24-19(15(3)27-20)18-14(2)6-5-11-21-18/h5-6,11,16-17,22H,4,7-10,12-13H2,1-3H3,(H,23,24). The number of pyridine rings is 1. The Hall–Kier alpha value is -1.51. The van der Waals surface area contributed by atoms with Gasteiger partial charge in [0.15, 0.2) is 5.13 Å². The lowest BCUT2D eigenvalue weighted by Crippen LogP contribution is -2.34. The van der Waals surface area contributed by atoms with Crippen molar-refractivity contribution >= 4 is 26.5 Å². The van der Waals surface area contributed by atoms with Crippen molar-refractivity contribution in [2.24, 2.45) is 5.92 Å². The Balaban J connectivity index is 1.53. The van der Waals surface area contributed by atoms with E-state index in [4.69, 9.17) is 4.98 Å². The molecule has 28 heavy (non-hydrogen) atoms. The molecule has 3 rings (SSSR count). The van der Waals surface area contributed by atoms with Gasteiger partial charge in [-0.25, -0.2) is 18.1 Å². The summed E-state index contributed by atoms with van der Waals surface area (Å²) in [7, 11) is -3.10. The number of aromatic nitrogens is 2. The van der Waals surface area contributed by atoms with E-state index in [1.54, 1.807) is 11.3 Å². The Morgan fingerprint density at radius 1 is 1.18 bits per heavy atom. The van der Waals surface area contributed by atoms with Crippen molar-refractivity contribution in [2.45, 2.75) is 58.9 Å². The summed E-state index contributed by atoms with van der Waals surface area (Å²) in [6.45, 7) is 6.60. The molecule has 0 aliphatic heterocycles. The van der Waals surface area contributed by atoms with Crippen LogP contribution in [0.2, 0.25) is 0 Å². The molecule has 0 radical (unpaired) electrons. The molecule has 0 bridgehead atoms. The van der Waals surface area contributed by atoms with E-state index in [2.05, 4.69) is 34.9 Å². The predicted octanol–water partition coefficient (Wildman–Crippen LogP) is 4.12. The van der Waals surface area contributed by atoms with Gasteiger partial charge in [-0.1, -0.05) is 13.0 Å². The van der Waals surface area contributed by atoms with Crippen LogP contribution in [0, 0.1) is 19.8 Å². The van der Waals surface area contributed by atoms with Gasteiger partial charge in [-0.2, -0.15) is 0 Å². The first-order valence-electron chi connectivity index (χ1n) is 10.0. The van der Waals surface area contributed by atoms with E-state index in [0.717, 1.165) is 47.8 Å². The normalized spacial score (nSPS) is 20.2. The molecule has 1 aliphatic carbocycles. The van der Waals surface area contributed by atoms with E-state index >= 15 is 0 Å². The van der Waals surface area contributed by atoms with Crippen LogP contribution in [-0.4, -0.2) is 36.7 Å². The van der Waals surface area contributed by atoms with Crippen LogP contribution in [0.3, 0.4) is 0 Å². The molecule has 0 amide bonds. The highest BCUT2D eigenvalue weighted by atomic mass is 32.2. The number of thiazole rings is 1. The number of sulfonamides is 1. The minimum absolute atomic E-state index is 0.214. The molecule has 1 aliphatic rings. The molecule has 2 N–H and O–H groups in total. The average Bonchev–Trinajstić information content (AvgIpc) is 3.01. The SMILES string of the molecule is CCCS(=O)(=O)NCC1CCC(Nc2nc(-c3ncccc3C)c(C)s2)CC1. The van der Waals surface area contributed by atoms with Gasteiger partial charge in [0, 0.05) is 23.7 Å². The number of hydrogen-bond donors (Lipinski definition) is 2. The second kappa shape index (κ2) is 9.33. The summed E-state index contributed by atoms with van der Waals surface area (Å²) in [5, 5.41) is 4.53. The van der Waals surface area contributed by atoms with Gasteiger partial charge >= 0.3 is 0 Å². The first-order chi connectivity index (χ1) is 13.4. The van der Waals surface area contributed by atoms with Crippen LogP contribution in [0.15, 0.2) is 18.3 Å². The van der Waals surface area contributed by atoms with Crippen LogP contribution in [0.4, 0.5) is 5.13 Å². The van der Waals surface area contributed by atoms with Gasteiger partial charge in [0.2, 0.25) is 10.0 Å². The highest BCUT2D eigenvalue weighted by Gasteiger charge is 2.23. The van der Waals surface area contributed by atoms with Crippen LogP contribution in [0.25, 0.3) is 11.4 Å².